The molecule has 0 aromatic carbocycles. The number of pyridine rings is 1. The third kappa shape index (κ3) is 4.68. The van der Waals surface area contributed by atoms with E-state index in [1.807, 2.05) is 6.20 Å². The van der Waals surface area contributed by atoms with Crippen molar-refractivity contribution in [2.45, 2.75) is 52.2 Å². The number of hydrogen-bond donors (Lipinski definition) is 1. The molecule has 1 N–H and O–H groups in total. The van der Waals surface area contributed by atoms with Crippen LogP contribution in [-0.4, -0.2) is 37.3 Å². The number of hydrogen-bond acceptors (Lipinski definition) is 4. The quantitative estimate of drug-likeness (QED) is 0.837. The average Bonchev–Trinajstić information content (AvgIpc) is 2.53. The number of nitrogens with one attached hydrogen (secondary N) is 1. The zero-order valence-electron chi connectivity index (χ0n) is 13.6. The number of piperidine rings is 1. The summed E-state index contributed by atoms with van der Waals surface area (Å²) in [6.07, 6.45) is 5.81. The Morgan fingerprint density at radius 3 is 2.95 bits per heavy atom. The molecule has 1 saturated heterocycles. The van der Waals surface area contributed by atoms with Gasteiger partial charge in [-0.15, -0.1) is 0 Å². The van der Waals surface area contributed by atoms with Crippen LogP contribution in [-0.2, 0) is 4.74 Å². The van der Waals surface area contributed by atoms with Crippen LogP contribution in [0.15, 0.2) is 18.3 Å². The van der Waals surface area contributed by atoms with E-state index in [-0.39, 0.29) is 0 Å². The van der Waals surface area contributed by atoms with Gasteiger partial charge in [0.25, 0.3) is 0 Å². The molecule has 1 aromatic heterocycles. The highest BCUT2D eigenvalue weighted by atomic mass is 16.5. The van der Waals surface area contributed by atoms with Crippen molar-refractivity contribution in [1.29, 1.82) is 0 Å². The lowest BCUT2D eigenvalue weighted by Gasteiger charge is -2.33. The maximum Gasteiger partial charge on any atom is 0.128 e. The van der Waals surface area contributed by atoms with Crippen LogP contribution in [0.1, 0.15) is 51.6 Å². The highest BCUT2D eigenvalue weighted by Crippen LogP contribution is 2.21. The molecule has 0 spiro atoms. The van der Waals surface area contributed by atoms with Gasteiger partial charge in [-0.2, -0.15) is 0 Å². The van der Waals surface area contributed by atoms with Crippen molar-refractivity contribution in [2.75, 3.05) is 31.1 Å². The van der Waals surface area contributed by atoms with Gasteiger partial charge < -0.3 is 15.0 Å². The first-order valence-electron chi connectivity index (χ1n) is 8.30. The molecule has 2 heterocycles. The van der Waals surface area contributed by atoms with E-state index in [4.69, 9.17) is 4.74 Å². The largest absolute Gasteiger partial charge is 0.376 e. The summed E-state index contributed by atoms with van der Waals surface area (Å²) in [5.74, 6) is 1.08. The van der Waals surface area contributed by atoms with Gasteiger partial charge in [0.15, 0.2) is 0 Å². The van der Waals surface area contributed by atoms with Gasteiger partial charge in [0.2, 0.25) is 0 Å². The summed E-state index contributed by atoms with van der Waals surface area (Å²) in [6.45, 7) is 10.4. The minimum atomic E-state index is 0.360. The standard InChI is InChI=1S/C17H29N3O/c1-4-11-21-16-7-6-10-20(13-16)17-9-8-15(12-19-17)14(3)18-5-2/h8-9,12,14,16,18H,4-7,10-11,13H2,1-3H3. The third-order valence-electron chi connectivity index (χ3n) is 4.04. The Hall–Kier alpha value is -1.13. The molecule has 2 atom stereocenters. The number of anilines is 1. The highest BCUT2D eigenvalue weighted by Gasteiger charge is 2.21. The lowest BCUT2D eigenvalue weighted by atomic mass is 10.1. The Bertz CT molecular complexity index is 407. The summed E-state index contributed by atoms with van der Waals surface area (Å²) >= 11 is 0. The second kappa shape index (κ2) is 8.35. The van der Waals surface area contributed by atoms with Crippen molar-refractivity contribution in [1.82, 2.24) is 10.3 Å². The van der Waals surface area contributed by atoms with Crippen LogP contribution < -0.4 is 10.2 Å². The molecule has 1 aromatic rings. The summed E-state index contributed by atoms with van der Waals surface area (Å²) in [5.41, 5.74) is 1.25. The van der Waals surface area contributed by atoms with Crippen molar-refractivity contribution in [2.24, 2.45) is 0 Å². The first kappa shape index (κ1) is 16.2. The van der Waals surface area contributed by atoms with Crippen LogP contribution in [0.2, 0.25) is 0 Å². The van der Waals surface area contributed by atoms with E-state index < -0.39 is 0 Å². The molecule has 0 radical (unpaired) electrons. The van der Waals surface area contributed by atoms with E-state index in [1.165, 1.54) is 18.4 Å². The fraction of sp³-hybridized carbons (Fsp3) is 0.706. The Morgan fingerprint density at radius 2 is 2.29 bits per heavy atom. The molecule has 0 bridgehead atoms. The van der Waals surface area contributed by atoms with Gasteiger partial charge in [-0.1, -0.05) is 19.9 Å². The smallest absolute Gasteiger partial charge is 0.128 e. The molecule has 1 aliphatic heterocycles. The first-order valence-corrected chi connectivity index (χ1v) is 8.30. The molecular formula is C17H29N3O. The fourth-order valence-corrected chi connectivity index (χ4v) is 2.83. The minimum absolute atomic E-state index is 0.360. The van der Waals surface area contributed by atoms with Crippen LogP contribution >= 0.6 is 0 Å². The first-order chi connectivity index (χ1) is 10.2. The molecule has 2 rings (SSSR count). The van der Waals surface area contributed by atoms with Crippen molar-refractivity contribution in [3.8, 4) is 0 Å². The van der Waals surface area contributed by atoms with Gasteiger partial charge in [-0.05, 0) is 44.4 Å². The average molecular weight is 291 g/mol. The number of ether oxygens (including phenoxy) is 1. The van der Waals surface area contributed by atoms with Crippen LogP contribution in [0.5, 0.6) is 0 Å². The van der Waals surface area contributed by atoms with E-state index in [9.17, 15) is 0 Å². The normalized spacial score (nSPS) is 20.5. The van der Waals surface area contributed by atoms with Crippen molar-refractivity contribution in [3.05, 3.63) is 23.9 Å². The second-order valence-corrected chi connectivity index (χ2v) is 5.81. The maximum atomic E-state index is 5.90. The molecule has 0 amide bonds. The van der Waals surface area contributed by atoms with Gasteiger partial charge in [0.1, 0.15) is 5.82 Å². The summed E-state index contributed by atoms with van der Waals surface area (Å²) in [6, 6.07) is 4.69. The van der Waals surface area contributed by atoms with Crippen molar-refractivity contribution in [3.63, 3.8) is 0 Å². The van der Waals surface area contributed by atoms with Crippen molar-refractivity contribution >= 4 is 5.82 Å². The molecule has 4 nitrogen and oxygen atoms in total. The fourth-order valence-electron chi connectivity index (χ4n) is 2.83. The number of rotatable bonds is 7. The maximum absolute atomic E-state index is 5.90. The molecule has 118 valence electrons. The molecule has 2 unspecified atom stereocenters. The van der Waals surface area contributed by atoms with Gasteiger partial charge >= 0.3 is 0 Å². The summed E-state index contributed by atoms with van der Waals surface area (Å²) in [4.78, 5) is 7.00. The molecule has 21 heavy (non-hydrogen) atoms. The number of nitrogens with zero attached hydrogens (tertiary/aromatic N) is 2. The van der Waals surface area contributed by atoms with Gasteiger partial charge in [-0.25, -0.2) is 4.98 Å². The van der Waals surface area contributed by atoms with E-state index in [0.717, 1.165) is 38.5 Å². The third-order valence-corrected chi connectivity index (χ3v) is 4.04. The van der Waals surface area contributed by atoms with Crippen LogP contribution in [0.3, 0.4) is 0 Å². The zero-order valence-corrected chi connectivity index (χ0v) is 13.6. The Labute approximate surface area is 128 Å². The molecule has 0 saturated carbocycles. The number of aromatic nitrogens is 1. The predicted molar refractivity (Wildman–Crippen MR) is 87.8 cm³/mol. The van der Waals surface area contributed by atoms with Crippen LogP contribution in [0, 0.1) is 0 Å². The van der Waals surface area contributed by atoms with Crippen molar-refractivity contribution < 1.29 is 4.74 Å². The molecular weight excluding hydrogens is 262 g/mol. The van der Waals surface area contributed by atoms with E-state index in [0.29, 0.717) is 12.1 Å². The Balaban J connectivity index is 1.94. The van der Waals surface area contributed by atoms with E-state index in [1.54, 1.807) is 0 Å². The molecule has 0 aliphatic carbocycles. The lowest BCUT2D eigenvalue weighted by Crippen LogP contribution is -2.40. The molecule has 1 aliphatic rings. The topological polar surface area (TPSA) is 37.4 Å². The molecule has 4 heteroatoms. The van der Waals surface area contributed by atoms with Gasteiger partial charge in [-0.3, -0.25) is 0 Å². The molecule has 1 fully saturated rings. The van der Waals surface area contributed by atoms with Gasteiger partial charge in [0, 0.05) is 31.9 Å². The minimum Gasteiger partial charge on any atom is -0.376 e. The summed E-state index contributed by atoms with van der Waals surface area (Å²) in [5, 5.41) is 3.42. The Kier molecular flexibility index (Phi) is 6.46. The summed E-state index contributed by atoms with van der Waals surface area (Å²) in [7, 11) is 0. The Morgan fingerprint density at radius 1 is 1.43 bits per heavy atom. The van der Waals surface area contributed by atoms with Gasteiger partial charge in [0.05, 0.1) is 6.10 Å². The zero-order chi connectivity index (χ0) is 15.1. The van der Waals surface area contributed by atoms with Crippen LogP contribution in [0.25, 0.3) is 0 Å². The highest BCUT2D eigenvalue weighted by molar-refractivity contribution is 5.40. The lowest BCUT2D eigenvalue weighted by molar-refractivity contribution is 0.0439. The van der Waals surface area contributed by atoms with E-state index >= 15 is 0 Å². The predicted octanol–water partition coefficient (Wildman–Crippen LogP) is 3.15. The van der Waals surface area contributed by atoms with E-state index in [2.05, 4.69) is 48.1 Å². The van der Waals surface area contributed by atoms with Crippen LogP contribution in [0.4, 0.5) is 5.82 Å². The SMILES string of the molecule is CCCOC1CCCN(c2ccc(C(C)NCC)cn2)C1. The second-order valence-electron chi connectivity index (χ2n) is 5.81. The summed E-state index contributed by atoms with van der Waals surface area (Å²) < 4.78 is 5.90. The monoisotopic (exact) mass is 291 g/mol.